The maximum Gasteiger partial charge on any atom is 0.254 e. The van der Waals surface area contributed by atoms with Crippen molar-refractivity contribution in [2.24, 2.45) is 11.1 Å². The third-order valence-electron chi connectivity index (χ3n) is 13.9. The predicted molar refractivity (Wildman–Crippen MR) is 284 cm³/mol. The standard InChI is InChI=1S/C54H72FN13O10/c1-33(59-5)51(71)63-47(54(2,3)4)53(73)67-31-35-26-37(11-9-34(35)27-43(67)49(58)70)78-25-24-77-23-22-76-21-20-75-19-18-74-17-13-45(69)60-14-16-68-44(29-56)46-40-30-61-48(57)50(62-40)66-15-7-8-42(66)39-28-36(55)10-12-38(39)52(72)65(6)32-41(46)64-68/h9-12,26,28,30,33,42-43,47,59H,7-8,13-25,27,31-32H2,1-6H3,(H2,57,61)(H2,58,70)(H,60,69)(H,63,71)/t33-,42+,43-,47+/m0/s1. The highest BCUT2D eigenvalue weighted by atomic mass is 19.1. The molecule has 0 aliphatic carbocycles. The maximum atomic E-state index is 14.7. The SMILES string of the molecule is CN[C@@H](C)C(=O)N[C@H](C(=O)N1Cc2cc(OCCOCCOCCOCCOCCC(=O)NCCn3nc4c(c3C#N)-c3cnc(N)c(n3)N3CCC[C@@H]3c3cc(F)ccc3C(=O)N(C)C4)ccc2C[C@H]1C(N)=O)C(C)(C)C. The number of hydrogen-bond acceptors (Lipinski definition) is 17. The Hall–Kier alpha value is -7.30. The number of nitrogens with one attached hydrogen (secondary N) is 3. The molecule has 1 saturated heterocycles. The quantitative estimate of drug-likeness (QED) is 0.0630. The molecule has 4 aromatic rings. The summed E-state index contributed by atoms with van der Waals surface area (Å²) in [7, 11) is 3.28. The van der Waals surface area contributed by atoms with Gasteiger partial charge in [-0.25, -0.2) is 14.4 Å². The average Bonchev–Trinajstić information content (AvgIpc) is 4.20. The van der Waals surface area contributed by atoms with Gasteiger partial charge in [0.2, 0.25) is 23.6 Å². The summed E-state index contributed by atoms with van der Waals surface area (Å²) in [6.07, 6.45) is 3.22. The molecule has 5 amide bonds. The molecule has 2 bridgehead atoms. The van der Waals surface area contributed by atoms with E-state index in [4.69, 9.17) is 45.2 Å². The second kappa shape index (κ2) is 26.8. The van der Waals surface area contributed by atoms with Gasteiger partial charge < -0.3 is 65.8 Å². The minimum Gasteiger partial charge on any atom is -0.491 e. The van der Waals surface area contributed by atoms with Crippen molar-refractivity contribution in [2.75, 3.05) is 97.3 Å². The first-order chi connectivity index (χ1) is 37.4. The van der Waals surface area contributed by atoms with E-state index in [1.54, 1.807) is 27.1 Å². The molecular weight excluding hydrogens is 1010 g/mol. The number of fused-ring (bicyclic) bond motifs is 9. The molecule has 0 spiro atoms. The fourth-order valence-electron chi connectivity index (χ4n) is 9.62. The van der Waals surface area contributed by atoms with Crippen LogP contribution in [0.25, 0.3) is 11.3 Å². The predicted octanol–water partition coefficient (Wildman–Crippen LogP) is 2.39. The number of ether oxygens (including phenoxy) is 5. The highest BCUT2D eigenvalue weighted by Crippen LogP contribution is 2.41. The molecule has 7 rings (SSSR count). The molecule has 23 nitrogen and oxygen atoms in total. The molecule has 420 valence electrons. The lowest BCUT2D eigenvalue weighted by Gasteiger charge is -2.40. The summed E-state index contributed by atoms with van der Waals surface area (Å²) >= 11 is 0. The number of anilines is 2. The minimum atomic E-state index is -0.895. The van der Waals surface area contributed by atoms with Gasteiger partial charge in [0, 0.05) is 45.1 Å². The van der Waals surface area contributed by atoms with E-state index < -0.39 is 35.3 Å². The van der Waals surface area contributed by atoms with Crippen molar-refractivity contribution in [1.82, 2.24) is 45.5 Å². The topological polar surface area (TPSA) is 297 Å². The number of halogens is 1. The zero-order valence-electron chi connectivity index (χ0n) is 45.3. The first-order valence-electron chi connectivity index (χ1n) is 26.2. The number of benzene rings is 2. The highest BCUT2D eigenvalue weighted by molar-refractivity contribution is 5.96. The normalized spacial score (nSPS) is 16.8. The van der Waals surface area contributed by atoms with E-state index in [1.807, 2.05) is 37.8 Å². The summed E-state index contributed by atoms with van der Waals surface area (Å²) < 4.78 is 44.5. The number of hydrogen-bond donors (Lipinski definition) is 5. The van der Waals surface area contributed by atoms with Gasteiger partial charge in [0.1, 0.15) is 42.0 Å². The number of amides is 5. The Kier molecular flexibility index (Phi) is 20.1. The van der Waals surface area contributed by atoms with Gasteiger partial charge in [-0.15, -0.1) is 0 Å². The molecule has 78 heavy (non-hydrogen) atoms. The van der Waals surface area contributed by atoms with Crippen molar-refractivity contribution >= 4 is 41.2 Å². The monoisotopic (exact) mass is 1080 g/mol. The second-order valence-electron chi connectivity index (χ2n) is 20.4. The fourth-order valence-corrected chi connectivity index (χ4v) is 9.62. The van der Waals surface area contributed by atoms with Crippen LogP contribution in [-0.4, -0.2) is 164 Å². The molecule has 7 N–H and O–H groups in total. The van der Waals surface area contributed by atoms with Gasteiger partial charge in [0.25, 0.3) is 5.91 Å². The van der Waals surface area contributed by atoms with Gasteiger partial charge in [-0.3, -0.25) is 28.7 Å². The molecular formula is C54H72FN13O10. The van der Waals surface area contributed by atoms with Crippen LogP contribution in [0.1, 0.15) is 91.4 Å². The van der Waals surface area contributed by atoms with E-state index in [9.17, 15) is 33.6 Å². The number of nitrogen functional groups attached to an aromatic ring is 1. The number of primary amides is 1. The lowest BCUT2D eigenvalue weighted by molar-refractivity contribution is -0.146. The molecule has 4 atom stereocenters. The number of likely N-dealkylation sites (N-methyl/N-ethyl adjacent to an activating group) is 1. The van der Waals surface area contributed by atoms with Gasteiger partial charge >= 0.3 is 0 Å². The zero-order chi connectivity index (χ0) is 56.1. The third kappa shape index (κ3) is 14.4. The first kappa shape index (κ1) is 58.4. The summed E-state index contributed by atoms with van der Waals surface area (Å²) in [5.74, 6) is -1.27. The van der Waals surface area contributed by atoms with E-state index in [-0.39, 0.29) is 100 Å². The van der Waals surface area contributed by atoms with E-state index in [2.05, 4.69) is 27.0 Å². The van der Waals surface area contributed by atoms with Crippen LogP contribution in [0.2, 0.25) is 0 Å². The lowest BCUT2D eigenvalue weighted by Crippen LogP contribution is -2.61. The summed E-state index contributed by atoms with van der Waals surface area (Å²) in [5.41, 5.74) is 15.4. The highest BCUT2D eigenvalue weighted by Gasteiger charge is 2.42. The Morgan fingerprint density at radius 3 is 2.31 bits per heavy atom. The Morgan fingerprint density at radius 2 is 1.64 bits per heavy atom. The van der Waals surface area contributed by atoms with Crippen molar-refractivity contribution in [2.45, 2.75) is 97.2 Å². The van der Waals surface area contributed by atoms with Crippen LogP contribution in [0.5, 0.6) is 5.75 Å². The van der Waals surface area contributed by atoms with E-state index in [0.717, 1.165) is 17.5 Å². The van der Waals surface area contributed by atoms with E-state index >= 15 is 0 Å². The van der Waals surface area contributed by atoms with Crippen LogP contribution in [0, 0.1) is 22.6 Å². The molecule has 0 saturated carbocycles. The minimum absolute atomic E-state index is 0.00854. The number of nitrogens with zero attached hydrogens (tertiary/aromatic N) is 8. The van der Waals surface area contributed by atoms with Gasteiger partial charge in [0.15, 0.2) is 11.6 Å². The van der Waals surface area contributed by atoms with Crippen LogP contribution in [0.4, 0.5) is 16.0 Å². The summed E-state index contributed by atoms with van der Waals surface area (Å²) in [5, 5.41) is 23.8. The van der Waals surface area contributed by atoms with Crippen molar-refractivity contribution in [1.29, 1.82) is 5.26 Å². The smallest absolute Gasteiger partial charge is 0.254 e. The van der Waals surface area contributed by atoms with Gasteiger partial charge in [-0.05, 0) is 79.3 Å². The van der Waals surface area contributed by atoms with E-state index in [1.165, 1.54) is 38.9 Å². The number of aromatic nitrogens is 4. The largest absolute Gasteiger partial charge is 0.491 e. The molecule has 24 heteroatoms. The van der Waals surface area contributed by atoms with Crippen LogP contribution in [0.15, 0.2) is 42.6 Å². The summed E-state index contributed by atoms with van der Waals surface area (Å²) in [6.45, 7) is 10.9. The van der Waals surface area contributed by atoms with Crippen molar-refractivity contribution in [3.63, 3.8) is 0 Å². The van der Waals surface area contributed by atoms with Gasteiger partial charge in [0.05, 0.1) is 101 Å². The van der Waals surface area contributed by atoms with Crippen molar-refractivity contribution in [3.05, 3.63) is 82.1 Å². The van der Waals surface area contributed by atoms with Crippen LogP contribution in [-0.2, 0) is 64.2 Å². The molecule has 5 heterocycles. The lowest BCUT2D eigenvalue weighted by atomic mass is 9.84. The molecule has 2 aromatic carbocycles. The molecule has 0 radical (unpaired) electrons. The number of nitrogens with two attached hydrogens (primary N) is 2. The maximum absolute atomic E-state index is 14.7. The number of nitriles is 1. The Balaban J connectivity index is 0.769. The van der Waals surface area contributed by atoms with Gasteiger partial charge in [-0.1, -0.05) is 26.8 Å². The molecule has 3 aliphatic heterocycles. The van der Waals surface area contributed by atoms with E-state index in [0.29, 0.717) is 92.3 Å². The Morgan fingerprint density at radius 1 is 0.949 bits per heavy atom. The molecule has 2 aromatic heterocycles. The Bertz CT molecular complexity index is 2840. The average molecular weight is 1080 g/mol. The van der Waals surface area contributed by atoms with Crippen molar-refractivity contribution < 1.29 is 52.0 Å². The third-order valence-corrected chi connectivity index (χ3v) is 13.9. The first-order valence-corrected chi connectivity index (χ1v) is 26.2. The Labute approximate surface area is 453 Å². The summed E-state index contributed by atoms with van der Waals surface area (Å²) in [4.78, 5) is 80.3. The molecule has 1 fully saturated rings. The van der Waals surface area contributed by atoms with Crippen LogP contribution in [0.3, 0.4) is 0 Å². The zero-order valence-corrected chi connectivity index (χ0v) is 45.3. The number of rotatable bonds is 24. The van der Waals surface area contributed by atoms with Crippen LogP contribution < -0.4 is 37.1 Å². The molecule has 0 unspecified atom stereocenters. The molecule has 3 aliphatic rings. The van der Waals surface area contributed by atoms with Crippen molar-refractivity contribution in [3.8, 4) is 23.1 Å². The van der Waals surface area contributed by atoms with Gasteiger partial charge in [-0.2, -0.15) is 10.4 Å². The number of carbonyl (C=O) groups is 5. The van der Waals surface area contributed by atoms with Crippen LogP contribution >= 0.6 is 0 Å². The fraction of sp³-hybridized carbons (Fsp3) is 0.537. The summed E-state index contributed by atoms with van der Waals surface area (Å²) in [6, 6.07) is 9.24. The second-order valence-corrected chi connectivity index (χ2v) is 20.4. The number of carbonyl (C=O) groups excluding carboxylic acids is 5.